The van der Waals surface area contributed by atoms with Crippen molar-refractivity contribution in [3.05, 3.63) is 66.0 Å². The van der Waals surface area contributed by atoms with Gasteiger partial charge in [0.2, 0.25) is 0 Å². The summed E-state index contributed by atoms with van der Waals surface area (Å²) >= 11 is 0. The van der Waals surface area contributed by atoms with E-state index in [0.717, 1.165) is 29.9 Å². The SMILES string of the molecule is Cc1c(C(=O)N2CCC(CN)C2)nnn1-c1ccc(-c2ccccc2)cc1. The first-order chi connectivity index (χ1) is 13.2. The first-order valence-corrected chi connectivity index (χ1v) is 9.25. The van der Waals surface area contributed by atoms with Gasteiger partial charge in [0.1, 0.15) is 0 Å². The molecule has 3 aromatic rings. The minimum absolute atomic E-state index is 0.0596. The van der Waals surface area contributed by atoms with E-state index in [1.807, 2.05) is 42.2 Å². The molecule has 6 nitrogen and oxygen atoms in total. The summed E-state index contributed by atoms with van der Waals surface area (Å²) in [4.78, 5) is 14.6. The monoisotopic (exact) mass is 361 g/mol. The number of amides is 1. The van der Waals surface area contributed by atoms with Crippen LogP contribution in [0.15, 0.2) is 54.6 Å². The molecule has 27 heavy (non-hydrogen) atoms. The van der Waals surface area contributed by atoms with Crippen LogP contribution in [-0.2, 0) is 0 Å². The fraction of sp³-hybridized carbons (Fsp3) is 0.286. The summed E-state index contributed by atoms with van der Waals surface area (Å²) in [5.74, 6) is 0.324. The Balaban J connectivity index is 1.56. The molecule has 1 aliphatic heterocycles. The highest BCUT2D eigenvalue weighted by molar-refractivity contribution is 5.93. The van der Waals surface area contributed by atoms with Gasteiger partial charge in [0.05, 0.1) is 11.4 Å². The van der Waals surface area contributed by atoms with Crippen molar-refractivity contribution < 1.29 is 4.79 Å². The maximum absolute atomic E-state index is 12.8. The van der Waals surface area contributed by atoms with Crippen LogP contribution in [0.2, 0.25) is 0 Å². The van der Waals surface area contributed by atoms with E-state index in [1.54, 1.807) is 4.68 Å². The minimum atomic E-state index is -0.0596. The lowest BCUT2D eigenvalue weighted by molar-refractivity contribution is 0.0781. The molecule has 1 aromatic heterocycles. The standard InChI is InChI=1S/C21H23N5O/c1-15-20(21(27)25-12-11-16(13-22)14-25)23-24-26(15)19-9-7-18(8-10-19)17-5-3-2-4-6-17/h2-10,16H,11-14,22H2,1H3. The number of rotatable bonds is 4. The second-order valence-electron chi connectivity index (χ2n) is 6.99. The molecule has 1 fully saturated rings. The van der Waals surface area contributed by atoms with E-state index in [2.05, 4.69) is 34.6 Å². The predicted octanol–water partition coefficient (Wildman–Crippen LogP) is 2.66. The van der Waals surface area contributed by atoms with Gasteiger partial charge in [-0.25, -0.2) is 4.68 Å². The van der Waals surface area contributed by atoms with Gasteiger partial charge in [0, 0.05) is 13.1 Å². The molecule has 1 atom stereocenters. The van der Waals surface area contributed by atoms with Gasteiger partial charge in [0.25, 0.3) is 5.91 Å². The van der Waals surface area contributed by atoms with E-state index < -0.39 is 0 Å². The Morgan fingerprint density at radius 2 is 1.81 bits per heavy atom. The van der Waals surface area contributed by atoms with E-state index in [0.29, 0.717) is 24.7 Å². The van der Waals surface area contributed by atoms with Gasteiger partial charge in [-0.1, -0.05) is 47.7 Å². The van der Waals surface area contributed by atoms with E-state index >= 15 is 0 Å². The van der Waals surface area contributed by atoms with Gasteiger partial charge in [-0.2, -0.15) is 0 Å². The number of carbonyl (C=O) groups excluding carboxylic acids is 1. The molecule has 0 spiro atoms. The molecule has 1 saturated heterocycles. The lowest BCUT2D eigenvalue weighted by Crippen LogP contribution is -2.30. The third-order valence-corrected chi connectivity index (χ3v) is 5.22. The normalized spacial score (nSPS) is 16.7. The molecule has 0 saturated carbocycles. The molecule has 1 unspecified atom stereocenters. The number of aromatic nitrogens is 3. The van der Waals surface area contributed by atoms with Gasteiger partial charge in [-0.3, -0.25) is 4.79 Å². The zero-order valence-electron chi connectivity index (χ0n) is 15.4. The van der Waals surface area contributed by atoms with Crippen molar-refractivity contribution in [3.8, 4) is 16.8 Å². The number of hydrogen-bond donors (Lipinski definition) is 1. The van der Waals surface area contributed by atoms with Crippen molar-refractivity contribution in [1.29, 1.82) is 0 Å². The highest BCUT2D eigenvalue weighted by Crippen LogP contribution is 2.22. The van der Waals surface area contributed by atoms with Crippen LogP contribution < -0.4 is 5.73 Å². The van der Waals surface area contributed by atoms with E-state index in [9.17, 15) is 4.79 Å². The summed E-state index contributed by atoms with van der Waals surface area (Å²) in [6.45, 7) is 3.93. The van der Waals surface area contributed by atoms with Crippen molar-refractivity contribution in [1.82, 2.24) is 19.9 Å². The lowest BCUT2D eigenvalue weighted by Gasteiger charge is -2.15. The quantitative estimate of drug-likeness (QED) is 0.775. The van der Waals surface area contributed by atoms with Crippen molar-refractivity contribution in [2.75, 3.05) is 19.6 Å². The van der Waals surface area contributed by atoms with Crippen molar-refractivity contribution in [2.45, 2.75) is 13.3 Å². The van der Waals surface area contributed by atoms with Gasteiger partial charge < -0.3 is 10.6 Å². The maximum Gasteiger partial charge on any atom is 0.276 e. The third-order valence-electron chi connectivity index (χ3n) is 5.22. The average molecular weight is 361 g/mol. The Morgan fingerprint density at radius 3 is 2.48 bits per heavy atom. The first-order valence-electron chi connectivity index (χ1n) is 9.25. The smallest absolute Gasteiger partial charge is 0.276 e. The summed E-state index contributed by atoms with van der Waals surface area (Å²) in [6.07, 6.45) is 0.955. The van der Waals surface area contributed by atoms with Crippen LogP contribution in [0.5, 0.6) is 0 Å². The Morgan fingerprint density at radius 1 is 1.11 bits per heavy atom. The van der Waals surface area contributed by atoms with Crippen LogP contribution in [0.4, 0.5) is 0 Å². The van der Waals surface area contributed by atoms with E-state index in [-0.39, 0.29) is 5.91 Å². The highest BCUT2D eigenvalue weighted by atomic mass is 16.2. The molecule has 0 bridgehead atoms. The number of nitrogens with two attached hydrogens (primary N) is 1. The van der Waals surface area contributed by atoms with Crippen LogP contribution in [0, 0.1) is 12.8 Å². The van der Waals surface area contributed by atoms with E-state index in [4.69, 9.17) is 5.73 Å². The number of hydrogen-bond acceptors (Lipinski definition) is 4. The topological polar surface area (TPSA) is 77.0 Å². The number of likely N-dealkylation sites (tertiary alicyclic amines) is 1. The van der Waals surface area contributed by atoms with Crippen LogP contribution >= 0.6 is 0 Å². The molecule has 0 aliphatic carbocycles. The second kappa shape index (κ2) is 7.32. The predicted molar refractivity (Wildman–Crippen MR) is 105 cm³/mol. The van der Waals surface area contributed by atoms with Gasteiger partial charge in [0.15, 0.2) is 5.69 Å². The molecule has 0 radical (unpaired) electrons. The Labute approximate surface area is 158 Å². The lowest BCUT2D eigenvalue weighted by atomic mass is 10.1. The van der Waals surface area contributed by atoms with Crippen LogP contribution in [0.1, 0.15) is 22.6 Å². The van der Waals surface area contributed by atoms with Crippen LogP contribution in [-0.4, -0.2) is 45.4 Å². The molecule has 2 aromatic carbocycles. The molecule has 2 heterocycles. The Hall–Kier alpha value is -2.99. The van der Waals surface area contributed by atoms with E-state index in [1.165, 1.54) is 5.56 Å². The molecular formula is C21H23N5O. The fourth-order valence-electron chi connectivity index (χ4n) is 3.56. The summed E-state index contributed by atoms with van der Waals surface area (Å²) in [5.41, 5.74) is 10.1. The third kappa shape index (κ3) is 3.36. The Bertz CT molecular complexity index is 933. The Kier molecular flexibility index (Phi) is 4.73. The van der Waals surface area contributed by atoms with Crippen LogP contribution in [0.25, 0.3) is 16.8 Å². The molecule has 1 aliphatic rings. The average Bonchev–Trinajstić information content (AvgIpc) is 3.35. The zero-order chi connectivity index (χ0) is 18.8. The van der Waals surface area contributed by atoms with Crippen molar-refractivity contribution in [3.63, 3.8) is 0 Å². The minimum Gasteiger partial charge on any atom is -0.337 e. The highest BCUT2D eigenvalue weighted by Gasteiger charge is 2.29. The summed E-state index contributed by atoms with van der Waals surface area (Å²) in [5, 5.41) is 8.37. The maximum atomic E-state index is 12.8. The number of carbonyl (C=O) groups is 1. The number of nitrogens with zero attached hydrogens (tertiary/aromatic N) is 4. The summed E-state index contributed by atoms with van der Waals surface area (Å²) in [6, 6.07) is 18.3. The van der Waals surface area contributed by atoms with Crippen molar-refractivity contribution in [2.24, 2.45) is 11.7 Å². The molecule has 1 amide bonds. The molecule has 4 rings (SSSR count). The van der Waals surface area contributed by atoms with Gasteiger partial charge in [-0.05, 0) is 49.1 Å². The van der Waals surface area contributed by atoms with Crippen LogP contribution in [0.3, 0.4) is 0 Å². The molecule has 6 heteroatoms. The van der Waals surface area contributed by atoms with Gasteiger partial charge >= 0.3 is 0 Å². The summed E-state index contributed by atoms with van der Waals surface area (Å²) in [7, 11) is 0. The van der Waals surface area contributed by atoms with Crippen molar-refractivity contribution >= 4 is 5.91 Å². The second-order valence-corrected chi connectivity index (χ2v) is 6.99. The molecule has 138 valence electrons. The number of benzene rings is 2. The zero-order valence-corrected chi connectivity index (χ0v) is 15.4. The molecular weight excluding hydrogens is 338 g/mol. The summed E-state index contributed by atoms with van der Waals surface area (Å²) < 4.78 is 1.72. The largest absolute Gasteiger partial charge is 0.337 e. The van der Waals surface area contributed by atoms with Gasteiger partial charge in [-0.15, -0.1) is 5.10 Å². The first kappa shape index (κ1) is 17.4. The molecule has 2 N–H and O–H groups in total. The fourth-order valence-corrected chi connectivity index (χ4v) is 3.56.